The van der Waals surface area contributed by atoms with Crippen molar-refractivity contribution in [1.82, 2.24) is 16.0 Å². The molecule has 3 fully saturated rings. The van der Waals surface area contributed by atoms with Gasteiger partial charge in [-0.25, -0.2) is 0 Å². The number of carbonyl (C=O) groups excluding carboxylic acids is 1. The van der Waals surface area contributed by atoms with Crippen molar-refractivity contribution in [3.8, 4) is 0 Å². The predicted molar refractivity (Wildman–Crippen MR) is 85.2 cm³/mol. The van der Waals surface area contributed by atoms with E-state index < -0.39 is 0 Å². The lowest BCUT2D eigenvalue weighted by molar-refractivity contribution is -0.141. The minimum Gasteiger partial charge on any atom is -0.365 e. The van der Waals surface area contributed by atoms with E-state index in [2.05, 4.69) is 16.0 Å². The number of hydrogen-bond donors (Lipinski definition) is 4. The van der Waals surface area contributed by atoms with E-state index in [1.54, 1.807) is 0 Å². The van der Waals surface area contributed by atoms with Crippen LogP contribution in [0.15, 0.2) is 0 Å². The van der Waals surface area contributed by atoms with Crippen LogP contribution < -0.4 is 21.7 Å². The summed E-state index contributed by atoms with van der Waals surface area (Å²) in [6.45, 7) is 3.99. The van der Waals surface area contributed by atoms with Crippen LogP contribution in [0, 0.1) is 17.8 Å². The molecule has 6 heteroatoms. The molecule has 3 unspecified atom stereocenters. The maximum Gasteiger partial charge on any atom is 0.247 e. The highest BCUT2D eigenvalue weighted by Crippen LogP contribution is 2.37. The first-order chi connectivity index (χ1) is 10.8. The molecule has 3 atom stereocenters. The number of fused-ring (bicyclic) bond motifs is 1. The first-order valence-electron chi connectivity index (χ1n) is 8.81. The summed E-state index contributed by atoms with van der Waals surface area (Å²) in [5.41, 5.74) is 5.52. The molecule has 22 heavy (non-hydrogen) atoms. The molecule has 2 aliphatic heterocycles. The van der Waals surface area contributed by atoms with Gasteiger partial charge in [0.25, 0.3) is 0 Å². The van der Waals surface area contributed by atoms with E-state index in [4.69, 9.17) is 10.5 Å². The number of hydrogen-bond acceptors (Lipinski definition) is 5. The first-order valence-corrected chi connectivity index (χ1v) is 8.81. The van der Waals surface area contributed by atoms with Crippen LogP contribution in [0.2, 0.25) is 0 Å². The zero-order valence-corrected chi connectivity index (χ0v) is 13.4. The zero-order valence-electron chi connectivity index (χ0n) is 13.4. The number of morpholine rings is 1. The van der Waals surface area contributed by atoms with Crippen LogP contribution in [0.4, 0.5) is 0 Å². The molecule has 0 bridgehead atoms. The number of carbonyl (C=O) groups is 1. The van der Waals surface area contributed by atoms with Crippen molar-refractivity contribution >= 4 is 5.91 Å². The third kappa shape index (κ3) is 3.98. The highest BCUT2D eigenvalue weighted by molar-refractivity contribution is 5.78. The van der Waals surface area contributed by atoms with E-state index in [0.717, 1.165) is 44.4 Å². The number of ether oxygens (including phenoxy) is 1. The molecule has 0 spiro atoms. The normalized spacial score (nSPS) is 39.1. The second-order valence-electron chi connectivity index (χ2n) is 7.07. The molecule has 1 aliphatic carbocycles. The van der Waals surface area contributed by atoms with Crippen LogP contribution in [-0.2, 0) is 9.53 Å². The van der Waals surface area contributed by atoms with Gasteiger partial charge in [-0.15, -0.1) is 0 Å². The quantitative estimate of drug-likeness (QED) is 0.528. The second-order valence-corrected chi connectivity index (χ2v) is 7.07. The van der Waals surface area contributed by atoms with Crippen molar-refractivity contribution in [1.29, 1.82) is 0 Å². The predicted octanol–water partition coefficient (Wildman–Crippen LogP) is -0.208. The van der Waals surface area contributed by atoms with E-state index in [-0.39, 0.29) is 24.8 Å². The molecule has 0 radical (unpaired) electrons. The van der Waals surface area contributed by atoms with Crippen LogP contribution in [-0.4, -0.2) is 51.0 Å². The Morgan fingerprint density at radius 1 is 1.23 bits per heavy atom. The molecule has 2 saturated heterocycles. The fourth-order valence-electron chi connectivity index (χ4n) is 4.26. The minimum atomic E-state index is -0.00214. The Morgan fingerprint density at radius 2 is 2.05 bits per heavy atom. The molecule has 3 rings (SSSR count). The van der Waals surface area contributed by atoms with Crippen molar-refractivity contribution in [3.63, 3.8) is 0 Å². The molecule has 0 aromatic heterocycles. The molecule has 6 nitrogen and oxygen atoms in total. The van der Waals surface area contributed by atoms with Gasteiger partial charge < -0.3 is 21.1 Å². The topological polar surface area (TPSA) is 88.4 Å². The van der Waals surface area contributed by atoms with E-state index in [1.807, 2.05) is 0 Å². The van der Waals surface area contributed by atoms with Gasteiger partial charge >= 0.3 is 0 Å². The van der Waals surface area contributed by atoms with Crippen molar-refractivity contribution in [3.05, 3.63) is 0 Å². The molecule has 3 aliphatic rings. The smallest absolute Gasteiger partial charge is 0.247 e. The van der Waals surface area contributed by atoms with Gasteiger partial charge in [0.05, 0.1) is 6.10 Å². The lowest BCUT2D eigenvalue weighted by Crippen LogP contribution is -2.63. The molecular weight excluding hydrogens is 280 g/mol. The summed E-state index contributed by atoms with van der Waals surface area (Å²) in [4.78, 5) is 11.4. The lowest BCUT2D eigenvalue weighted by Gasteiger charge is -2.43. The van der Waals surface area contributed by atoms with Gasteiger partial charge in [-0.1, -0.05) is 0 Å². The summed E-state index contributed by atoms with van der Waals surface area (Å²) in [5, 5.41) is 9.90. The lowest BCUT2D eigenvalue weighted by atomic mass is 9.73. The first kappa shape index (κ1) is 16.2. The van der Waals surface area contributed by atoms with Gasteiger partial charge in [-0.2, -0.15) is 0 Å². The Labute approximate surface area is 132 Å². The standard InChI is InChI=1S/C16H30N4O2/c17-5-6-18-8-11-1-3-12(4-2-11)13-7-14-16(19-9-13)20-15(21)10-22-14/h11-14,16,18-19H,1-10,17H2,(H,20,21). The number of rotatable bonds is 5. The van der Waals surface area contributed by atoms with E-state index in [9.17, 15) is 4.79 Å². The summed E-state index contributed by atoms with van der Waals surface area (Å²) < 4.78 is 5.71. The van der Waals surface area contributed by atoms with Crippen LogP contribution in [0.5, 0.6) is 0 Å². The van der Waals surface area contributed by atoms with Crippen molar-refractivity contribution < 1.29 is 9.53 Å². The van der Waals surface area contributed by atoms with E-state index in [0.29, 0.717) is 5.92 Å². The highest BCUT2D eigenvalue weighted by Gasteiger charge is 2.38. The number of nitrogens with one attached hydrogen (secondary N) is 3. The largest absolute Gasteiger partial charge is 0.365 e. The van der Waals surface area contributed by atoms with Crippen LogP contribution in [0.1, 0.15) is 32.1 Å². The Balaban J connectivity index is 1.41. The molecule has 2 heterocycles. The fourth-order valence-corrected chi connectivity index (χ4v) is 4.26. The van der Waals surface area contributed by atoms with Gasteiger partial charge in [0.1, 0.15) is 12.8 Å². The van der Waals surface area contributed by atoms with Crippen molar-refractivity contribution in [2.45, 2.75) is 44.4 Å². The van der Waals surface area contributed by atoms with Gasteiger partial charge in [0.2, 0.25) is 5.91 Å². The third-order valence-electron chi connectivity index (χ3n) is 5.56. The maximum atomic E-state index is 11.4. The zero-order chi connectivity index (χ0) is 15.4. The van der Waals surface area contributed by atoms with Crippen molar-refractivity contribution in [2.24, 2.45) is 23.5 Å². The average Bonchev–Trinajstić information content (AvgIpc) is 2.55. The maximum absolute atomic E-state index is 11.4. The minimum absolute atomic E-state index is 0.00214. The molecule has 0 aromatic carbocycles. The Kier molecular flexibility index (Phi) is 5.68. The monoisotopic (exact) mass is 310 g/mol. The van der Waals surface area contributed by atoms with Gasteiger partial charge in [0.15, 0.2) is 0 Å². The Bertz CT molecular complexity index is 371. The second kappa shape index (κ2) is 7.73. The molecule has 0 aromatic rings. The fraction of sp³-hybridized carbons (Fsp3) is 0.938. The van der Waals surface area contributed by atoms with Crippen LogP contribution in [0.25, 0.3) is 0 Å². The summed E-state index contributed by atoms with van der Waals surface area (Å²) in [7, 11) is 0. The van der Waals surface area contributed by atoms with Crippen LogP contribution >= 0.6 is 0 Å². The van der Waals surface area contributed by atoms with E-state index >= 15 is 0 Å². The SMILES string of the molecule is NCCNCC1CCC(C2CNC3NC(=O)COC3C2)CC1. The Morgan fingerprint density at radius 3 is 2.82 bits per heavy atom. The molecular formula is C16H30N4O2. The summed E-state index contributed by atoms with van der Waals surface area (Å²) in [6, 6.07) is 0. The summed E-state index contributed by atoms with van der Waals surface area (Å²) in [5.74, 6) is 2.31. The number of piperidine rings is 1. The molecule has 126 valence electrons. The highest BCUT2D eigenvalue weighted by atomic mass is 16.5. The number of nitrogens with two attached hydrogens (primary N) is 1. The Hall–Kier alpha value is -0.690. The summed E-state index contributed by atoms with van der Waals surface area (Å²) in [6.07, 6.45) is 6.55. The molecule has 5 N–H and O–H groups in total. The third-order valence-corrected chi connectivity index (χ3v) is 5.56. The molecule has 1 amide bonds. The van der Waals surface area contributed by atoms with Gasteiger partial charge in [0, 0.05) is 19.6 Å². The summed E-state index contributed by atoms with van der Waals surface area (Å²) >= 11 is 0. The van der Waals surface area contributed by atoms with Gasteiger partial charge in [-0.05, 0) is 56.4 Å². The number of amides is 1. The average molecular weight is 310 g/mol. The van der Waals surface area contributed by atoms with Gasteiger partial charge in [-0.3, -0.25) is 10.1 Å². The van der Waals surface area contributed by atoms with E-state index in [1.165, 1.54) is 25.7 Å². The van der Waals surface area contributed by atoms with Crippen molar-refractivity contribution in [2.75, 3.05) is 32.8 Å². The van der Waals surface area contributed by atoms with Crippen LogP contribution in [0.3, 0.4) is 0 Å². The molecule has 1 saturated carbocycles.